The normalized spacial score (nSPS) is 23.6. The summed E-state index contributed by atoms with van der Waals surface area (Å²) in [6.07, 6.45) is 2.52. The van der Waals surface area contributed by atoms with Crippen LogP contribution in [-0.4, -0.2) is 51.8 Å². The van der Waals surface area contributed by atoms with E-state index in [1.165, 1.54) is 4.90 Å². The Bertz CT molecular complexity index is 1010. The maximum absolute atomic E-state index is 13.8. The lowest BCUT2D eigenvalue weighted by Crippen LogP contribution is -2.49. The van der Waals surface area contributed by atoms with Gasteiger partial charge < -0.3 is 10.0 Å². The molecular formula is C26H30N2O4. The molecule has 2 fully saturated rings. The number of benzene rings is 2. The largest absolute Gasteiger partial charge is 0.394 e. The number of hydrogen-bond donors (Lipinski definition) is 1. The van der Waals surface area contributed by atoms with Gasteiger partial charge in [-0.2, -0.15) is 0 Å². The van der Waals surface area contributed by atoms with Crippen LogP contribution in [0.4, 0.5) is 0 Å². The van der Waals surface area contributed by atoms with E-state index >= 15 is 0 Å². The fraction of sp³-hybridized carbons (Fsp3) is 0.423. The van der Waals surface area contributed by atoms with Crippen molar-refractivity contribution in [1.82, 2.24) is 9.80 Å². The molecule has 1 N–H and O–H groups in total. The fourth-order valence-electron chi connectivity index (χ4n) is 5.16. The number of aliphatic hydroxyl groups excluding tert-OH is 1. The van der Waals surface area contributed by atoms with Crippen LogP contribution in [0.2, 0.25) is 0 Å². The smallest absolute Gasteiger partial charge is 0.241 e. The van der Waals surface area contributed by atoms with Crippen LogP contribution in [0.3, 0.4) is 0 Å². The third kappa shape index (κ3) is 4.07. The monoisotopic (exact) mass is 434 g/mol. The number of amides is 3. The minimum absolute atomic E-state index is 0.0209. The van der Waals surface area contributed by atoms with E-state index in [4.69, 9.17) is 0 Å². The Labute approximate surface area is 188 Å². The first-order valence-electron chi connectivity index (χ1n) is 11.3. The van der Waals surface area contributed by atoms with E-state index in [0.29, 0.717) is 6.54 Å². The highest BCUT2D eigenvalue weighted by molar-refractivity contribution is 6.10. The van der Waals surface area contributed by atoms with Crippen molar-refractivity contribution in [3.63, 3.8) is 0 Å². The van der Waals surface area contributed by atoms with Gasteiger partial charge in [-0.25, -0.2) is 0 Å². The molecule has 0 radical (unpaired) electrons. The van der Waals surface area contributed by atoms with Gasteiger partial charge in [0.2, 0.25) is 17.7 Å². The molecule has 0 saturated carbocycles. The summed E-state index contributed by atoms with van der Waals surface area (Å²) in [5.41, 5.74) is 1.28. The Morgan fingerprint density at radius 2 is 1.78 bits per heavy atom. The van der Waals surface area contributed by atoms with Gasteiger partial charge >= 0.3 is 0 Å². The lowest BCUT2D eigenvalue weighted by atomic mass is 9.73. The van der Waals surface area contributed by atoms with Crippen molar-refractivity contribution in [2.24, 2.45) is 0 Å². The van der Waals surface area contributed by atoms with E-state index in [0.717, 1.165) is 36.0 Å². The predicted molar refractivity (Wildman–Crippen MR) is 121 cm³/mol. The van der Waals surface area contributed by atoms with Gasteiger partial charge in [-0.15, -0.1) is 0 Å². The number of carbonyl (C=O) groups is 3. The van der Waals surface area contributed by atoms with Crippen LogP contribution < -0.4 is 0 Å². The fourth-order valence-corrected chi connectivity index (χ4v) is 5.16. The zero-order chi connectivity index (χ0) is 22.7. The van der Waals surface area contributed by atoms with Crippen molar-refractivity contribution in [3.8, 4) is 0 Å². The molecule has 2 aromatic rings. The number of aliphatic hydroxyl groups is 1. The SMILES string of the molecule is Cc1ccccc1C1(CC(=O)N2CCCCC2CO)CC(=O)N(Cc2ccccc2)C1=O. The summed E-state index contributed by atoms with van der Waals surface area (Å²) in [7, 11) is 0. The Morgan fingerprint density at radius 1 is 1.06 bits per heavy atom. The van der Waals surface area contributed by atoms with Crippen LogP contribution in [0.5, 0.6) is 0 Å². The molecule has 2 atom stereocenters. The molecule has 168 valence electrons. The van der Waals surface area contributed by atoms with Crippen LogP contribution in [0, 0.1) is 6.92 Å². The molecule has 2 heterocycles. The Balaban J connectivity index is 1.69. The Morgan fingerprint density at radius 3 is 2.50 bits per heavy atom. The third-order valence-electron chi connectivity index (χ3n) is 6.86. The molecule has 4 rings (SSSR count). The van der Waals surface area contributed by atoms with Gasteiger partial charge in [-0.05, 0) is 42.9 Å². The van der Waals surface area contributed by atoms with Crippen molar-refractivity contribution < 1.29 is 19.5 Å². The standard InChI is InChI=1S/C26H30N2O4/c1-19-9-5-6-13-22(19)26(15-23(30)27-14-8-7-12-21(27)18-29)16-24(31)28(25(26)32)17-20-10-3-2-4-11-20/h2-6,9-11,13,21,29H,7-8,12,14-18H2,1H3. The summed E-state index contributed by atoms with van der Waals surface area (Å²) < 4.78 is 0. The van der Waals surface area contributed by atoms with Crippen LogP contribution in [0.1, 0.15) is 48.8 Å². The summed E-state index contributed by atoms with van der Waals surface area (Å²) in [6.45, 7) is 2.60. The van der Waals surface area contributed by atoms with Crippen molar-refractivity contribution >= 4 is 17.7 Å². The number of nitrogens with zero attached hydrogens (tertiary/aromatic N) is 2. The molecule has 6 heteroatoms. The molecule has 6 nitrogen and oxygen atoms in total. The van der Waals surface area contributed by atoms with Crippen LogP contribution >= 0.6 is 0 Å². The van der Waals surface area contributed by atoms with Gasteiger partial charge in [0.25, 0.3) is 0 Å². The third-order valence-corrected chi connectivity index (χ3v) is 6.86. The van der Waals surface area contributed by atoms with E-state index in [2.05, 4.69) is 0 Å². The Kier molecular flexibility index (Phi) is 6.42. The average Bonchev–Trinajstić information content (AvgIpc) is 3.04. The molecular weight excluding hydrogens is 404 g/mol. The summed E-state index contributed by atoms with van der Waals surface area (Å²) in [6, 6.07) is 16.7. The first-order valence-corrected chi connectivity index (χ1v) is 11.3. The topological polar surface area (TPSA) is 77.9 Å². The lowest BCUT2D eigenvalue weighted by molar-refractivity contribution is -0.144. The predicted octanol–water partition coefficient (Wildman–Crippen LogP) is 2.96. The number of carbonyl (C=O) groups excluding carboxylic acids is 3. The molecule has 0 spiro atoms. The first kappa shape index (κ1) is 22.2. The molecule has 2 aliphatic heterocycles. The molecule has 2 aliphatic rings. The minimum atomic E-state index is -1.22. The molecule has 32 heavy (non-hydrogen) atoms. The summed E-state index contributed by atoms with van der Waals surface area (Å²) in [5.74, 6) is -0.742. The van der Waals surface area contributed by atoms with E-state index < -0.39 is 5.41 Å². The quantitative estimate of drug-likeness (QED) is 0.709. The van der Waals surface area contributed by atoms with Gasteiger partial charge in [0.05, 0.1) is 24.6 Å². The maximum atomic E-state index is 13.8. The van der Waals surface area contributed by atoms with E-state index in [9.17, 15) is 19.5 Å². The summed E-state index contributed by atoms with van der Waals surface area (Å²) in [4.78, 5) is 43.4. The maximum Gasteiger partial charge on any atom is 0.241 e. The highest BCUT2D eigenvalue weighted by atomic mass is 16.3. The lowest BCUT2D eigenvalue weighted by Gasteiger charge is -2.37. The van der Waals surface area contributed by atoms with E-state index in [1.54, 1.807) is 4.90 Å². The summed E-state index contributed by atoms with van der Waals surface area (Å²) in [5, 5.41) is 9.77. The van der Waals surface area contributed by atoms with Gasteiger partial charge in [0.15, 0.2) is 0 Å². The van der Waals surface area contributed by atoms with Gasteiger partial charge in [-0.3, -0.25) is 19.3 Å². The van der Waals surface area contributed by atoms with Crippen molar-refractivity contribution in [1.29, 1.82) is 0 Å². The second-order valence-electron chi connectivity index (χ2n) is 8.94. The van der Waals surface area contributed by atoms with Gasteiger partial charge in [-0.1, -0.05) is 54.6 Å². The minimum Gasteiger partial charge on any atom is -0.394 e. The van der Waals surface area contributed by atoms with Crippen LogP contribution in [0.25, 0.3) is 0 Å². The van der Waals surface area contributed by atoms with Crippen molar-refractivity contribution in [2.45, 2.75) is 57.0 Å². The summed E-state index contributed by atoms with van der Waals surface area (Å²) >= 11 is 0. The second-order valence-corrected chi connectivity index (χ2v) is 8.94. The van der Waals surface area contributed by atoms with E-state index in [1.807, 2.05) is 61.5 Å². The molecule has 0 aromatic heterocycles. The number of rotatable bonds is 6. The zero-order valence-electron chi connectivity index (χ0n) is 18.5. The van der Waals surface area contributed by atoms with E-state index in [-0.39, 0.29) is 49.8 Å². The number of imide groups is 1. The molecule has 2 saturated heterocycles. The zero-order valence-corrected chi connectivity index (χ0v) is 18.5. The molecule has 2 aromatic carbocycles. The van der Waals surface area contributed by atoms with Crippen molar-refractivity contribution in [2.75, 3.05) is 13.2 Å². The number of aryl methyl sites for hydroxylation is 1. The highest BCUT2D eigenvalue weighted by Gasteiger charge is 2.54. The molecule has 3 amide bonds. The molecule has 2 unspecified atom stereocenters. The first-order chi connectivity index (χ1) is 15.5. The molecule has 0 aliphatic carbocycles. The van der Waals surface area contributed by atoms with Gasteiger partial charge in [0.1, 0.15) is 0 Å². The Hall–Kier alpha value is -2.99. The number of likely N-dealkylation sites (tertiary alicyclic amines) is 2. The second kappa shape index (κ2) is 9.25. The highest BCUT2D eigenvalue weighted by Crippen LogP contribution is 2.42. The number of hydrogen-bond acceptors (Lipinski definition) is 4. The molecule has 0 bridgehead atoms. The van der Waals surface area contributed by atoms with Gasteiger partial charge in [0, 0.05) is 19.4 Å². The van der Waals surface area contributed by atoms with Crippen molar-refractivity contribution in [3.05, 3.63) is 71.3 Å². The van der Waals surface area contributed by atoms with Crippen LogP contribution in [0.15, 0.2) is 54.6 Å². The van der Waals surface area contributed by atoms with Crippen LogP contribution in [-0.2, 0) is 26.3 Å². The number of piperidine rings is 1. The average molecular weight is 435 g/mol.